The molecule has 0 spiro atoms. The highest BCUT2D eigenvalue weighted by Crippen LogP contribution is 2.24. The van der Waals surface area contributed by atoms with Gasteiger partial charge in [-0.3, -0.25) is 4.79 Å². The number of hydrogen-bond acceptors (Lipinski definition) is 3. The Balaban J connectivity index is 3.27. The molecule has 0 aliphatic carbocycles. The van der Waals surface area contributed by atoms with Gasteiger partial charge in [0.1, 0.15) is 5.82 Å². The minimum Gasteiger partial charge on any atom is -0.481 e. The number of carbonyl (C=O) groups is 1. The van der Waals surface area contributed by atoms with E-state index in [0.29, 0.717) is 0 Å². The molecule has 1 rings (SSSR count). The second-order valence-corrected chi connectivity index (χ2v) is 5.77. The SMILES string of the molecule is CCC(C(=O)O)c1ccc(S(C)(=O)=O)cc1F. The average Bonchev–Trinajstić information content (AvgIpc) is 2.19. The van der Waals surface area contributed by atoms with Crippen LogP contribution in [-0.2, 0) is 14.6 Å². The lowest BCUT2D eigenvalue weighted by atomic mass is 9.96. The maximum absolute atomic E-state index is 13.7. The summed E-state index contributed by atoms with van der Waals surface area (Å²) in [5, 5.41) is 8.90. The van der Waals surface area contributed by atoms with Gasteiger partial charge in [-0.2, -0.15) is 0 Å². The number of rotatable bonds is 4. The first-order valence-electron chi connectivity index (χ1n) is 4.99. The highest BCUT2D eigenvalue weighted by atomic mass is 32.2. The molecule has 94 valence electrons. The molecule has 0 amide bonds. The van der Waals surface area contributed by atoms with Gasteiger partial charge < -0.3 is 5.11 Å². The summed E-state index contributed by atoms with van der Waals surface area (Å²) in [4.78, 5) is 10.7. The van der Waals surface area contributed by atoms with Crippen LogP contribution in [0.1, 0.15) is 24.8 Å². The first-order valence-corrected chi connectivity index (χ1v) is 6.88. The van der Waals surface area contributed by atoms with Crippen LogP contribution in [-0.4, -0.2) is 25.7 Å². The van der Waals surface area contributed by atoms with Crippen molar-refractivity contribution in [2.24, 2.45) is 0 Å². The molecule has 1 aromatic carbocycles. The molecule has 4 nitrogen and oxygen atoms in total. The molecule has 6 heteroatoms. The summed E-state index contributed by atoms with van der Waals surface area (Å²) in [5.41, 5.74) is 0.00685. The van der Waals surface area contributed by atoms with Crippen molar-refractivity contribution in [1.82, 2.24) is 0 Å². The summed E-state index contributed by atoms with van der Waals surface area (Å²) < 4.78 is 36.0. The van der Waals surface area contributed by atoms with Gasteiger partial charge in [0.05, 0.1) is 10.8 Å². The highest BCUT2D eigenvalue weighted by molar-refractivity contribution is 7.90. The molecule has 0 heterocycles. The third-order valence-electron chi connectivity index (χ3n) is 2.48. The molecule has 0 saturated carbocycles. The highest BCUT2D eigenvalue weighted by Gasteiger charge is 2.22. The molecule has 1 N–H and O–H groups in total. The fourth-order valence-corrected chi connectivity index (χ4v) is 2.18. The predicted molar refractivity (Wildman–Crippen MR) is 60.2 cm³/mol. The largest absolute Gasteiger partial charge is 0.481 e. The number of carboxylic acids is 1. The Morgan fingerprint density at radius 3 is 2.41 bits per heavy atom. The van der Waals surface area contributed by atoms with Crippen molar-refractivity contribution in [3.63, 3.8) is 0 Å². The van der Waals surface area contributed by atoms with Gasteiger partial charge in [-0.05, 0) is 18.6 Å². The Labute approximate surface area is 99.0 Å². The van der Waals surface area contributed by atoms with Gasteiger partial charge in [-0.1, -0.05) is 13.0 Å². The number of aliphatic carboxylic acids is 1. The molecule has 1 unspecified atom stereocenters. The van der Waals surface area contributed by atoms with Crippen LogP contribution >= 0.6 is 0 Å². The van der Waals surface area contributed by atoms with Crippen LogP contribution in [0.5, 0.6) is 0 Å². The minimum absolute atomic E-state index is 0.00685. The van der Waals surface area contributed by atoms with E-state index >= 15 is 0 Å². The van der Waals surface area contributed by atoms with E-state index in [1.807, 2.05) is 0 Å². The van der Waals surface area contributed by atoms with Gasteiger partial charge in [0.25, 0.3) is 0 Å². The standard InChI is InChI=1S/C11H13FO4S/c1-3-8(11(13)14)9-5-4-7(6-10(9)12)17(2,15)16/h4-6,8H,3H2,1-2H3,(H,13,14). The van der Waals surface area contributed by atoms with Crippen molar-refractivity contribution in [3.05, 3.63) is 29.6 Å². The Bertz CT molecular complexity index is 536. The number of sulfone groups is 1. The molecule has 0 radical (unpaired) electrons. The lowest BCUT2D eigenvalue weighted by Crippen LogP contribution is -2.12. The van der Waals surface area contributed by atoms with E-state index in [-0.39, 0.29) is 16.9 Å². The summed E-state index contributed by atoms with van der Waals surface area (Å²) >= 11 is 0. The van der Waals surface area contributed by atoms with Crippen molar-refractivity contribution in [2.75, 3.05) is 6.26 Å². The van der Waals surface area contributed by atoms with Crippen LogP contribution in [0.2, 0.25) is 0 Å². The third kappa shape index (κ3) is 3.03. The van der Waals surface area contributed by atoms with Gasteiger partial charge in [-0.15, -0.1) is 0 Å². The van der Waals surface area contributed by atoms with Crippen LogP contribution in [0.4, 0.5) is 4.39 Å². The zero-order chi connectivity index (χ0) is 13.2. The van der Waals surface area contributed by atoms with Crippen LogP contribution in [0.25, 0.3) is 0 Å². The summed E-state index contributed by atoms with van der Waals surface area (Å²) in [6, 6.07) is 3.30. The molecule has 0 aliphatic heterocycles. The average molecular weight is 260 g/mol. The minimum atomic E-state index is -3.48. The van der Waals surface area contributed by atoms with Crippen LogP contribution in [0.3, 0.4) is 0 Å². The van der Waals surface area contributed by atoms with Crippen molar-refractivity contribution < 1.29 is 22.7 Å². The quantitative estimate of drug-likeness (QED) is 0.896. The van der Waals surface area contributed by atoms with Crippen molar-refractivity contribution in [2.45, 2.75) is 24.2 Å². The van der Waals surface area contributed by atoms with E-state index in [4.69, 9.17) is 5.11 Å². The monoisotopic (exact) mass is 260 g/mol. The fraction of sp³-hybridized carbons (Fsp3) is 0.364. The zero-order valence-corrected chi connectivity index (χ0v) is 10.3. The molecule has 1 aromatic rings. The Morgan fingerprint density at radius 2 is 2.06 bits per heavy atom. The Hall–Kier alpha value is -1.43. The van der Waals surface area contributed by atoms with E-state index in [0.717, 1.165) is 12.3 Å². The van der Waals surface area contributed by atoms with Crippen molar-refractivity contribution in [3.8, 4) is 0 Å². The number of hydrogen-bond donors (Lipinski definition) is 1. The number of carboxylic acid groups (broad SMARTS) is 1. The molecule has 0 aromatic heterocycles. The predicted octanol–water partition coefficient (Wildman–Crippen LogP) is 1.81. The van der Waals surface area contributed by atoms with E-state index in [2.05, 4.69) is 0 Å². The lowest BCUT2D eigenvalue weighted by Gasteiger charge is -2.11. The van der Waals surface area contributed by atoms with Gasteiger partial charge in [0.15, 0.2) is 9.84 Å². The number of benzene rings is 1. The zero-order valence-electron chi connectivity index (χ0n) is 9.47. The van der Waals surface area contributed by atoms with E-state index in [1.165, 1.54) is 12.1 Å². The van der Waals surface area contributed by atoms with Gasteiger partial charge in [-0.25, -0.2) is 12.8 Å². The maximum atomic E-state index is 13.7. The van der Waals surface area contributed by atoms with Gasteiger partial charge in [0, 0.05) is 11.8 Å². The lowest BCUT2D eigenvalue weighted by molar-refractivity contribution is -0.138. The summed E-state index contributed by atoms with van der Waals surface area (Å²) in [6.45, 7) is 1.63. The van der Waals surface area contributed by atoms with Crippen LogP contribution in [0.15, 0.2) is 23.1 Å². The van der Waals surface area contributed by atoms with E-state index < -0.39 is 27.5 Å². The molecular weight excluding hydrogens is 247 g/mol. The van der Waals surface area contributed by atoms with E-state index in [1.54, 1.807) is 6.92 Å². The van der Waals surface area contributed by atoms with Crippen molar-refractivity contribution in [1.29, 1.82) is 0 Å². The Morgan fingerprint density at radius 1 is 1.47 bits per heavy atom. The topological polar surface area (TPSA) is 71.4 Å². The third-order valence-corrected chi connectivity index (χ3v) is 3.59. The maximum Gasteiger partial charge on any atom is 0.311 e. The molecule has 17 heavy (non-hydrogen) atoms. The number of halogens is 1. The van der Waals surface area contributed by atoms with Gasteiger partial charge >= 0.3 is 5.97 Å². The smallest absolute Gasteiger partial charge is 0.311 e. The first-order chi connectivity index (χ1) is 7.77. The fourth-order valence-electron chi connectivity index (χ4n) is 1.55. The second kappa shape index (κ2) is 4.83. The normalized spacial score (nSPS) is 13.4. The molecule has 0 bridgehead atoms. The van der Waals surface area contributed by atoms with E-state index in [9.17, 15) is 17.6 Å². The van der Waals surface area contributed by atoms with Crippen molar-refractivity contribution >= 4 is 15.8 Å². The molecule has 0 saturated heterocycles. The summed E-state index contributed by atoms with van der Waals surface area (Å²) in [6.07, 6.45) is 1.21. The first kappa shape index (κ1) is 13.6. The second-order valence-electron chi connectivity index (χ2n) is 3.75. The molecule has 0 aliphatic rings. The molecular formula is C11H13FO4S. The molecule has 1 atom stereocenters. The van der Waals surface area contributed by atoms with Crippen LogP contribution < -0.4 is 0 Å². The Kier molecular flexibility index (Phi) is 3.87. The van der Waals surface area contributed by atoms with Gasteiger partial charge in [0.2, 0.25) is 0 Å². The van der Waals surface area contributed by atoms with Crippen LogP contribution in [0, 0.1) is 5.82 Å². The molecule has 0 fully saturated rings. The summed E-state index contributed by atoms with van der Waals surface area (Å²) in [7, 11) is -3.48. The summed E-state index contributed by atoms with van der Waals surface area (Å²) in [5.74, 6) is -2.88.